The van der Waals surface area contributed by atoms with Crippen molar-refractivity contribution in [2.24, 2.45) is 11.3 Å². The smallest absolute Gasteiger partial charge is 0.142 e. The lowest BCUT2D eigenvalue weighted by Crippen LogP contribution is -2.10. The fourth-order valence-corrected chi connectivity index (χ4v) is 1.52. The third-order valence-electron chi connectivity index (χ3n) is 2.44. The Labute approximate surface area is 86.2 Å². The predicted octanol–water partition coefficient (Wildman–Crippen LogP) is 3.29. The monoisotopic (exact) mass is 190 g/mol. The molecule has 1 rings (SSSR count). The zero-order valence-corrected chi connectivity index (χ0v) is 9.16. The summed E-state index contributed by atoms with van der Waals surface area (Å²) >= 11 is 0. The minimum Gasteiger partial charge on any atom is -0.299 e. The molecule has 1 heteroatoms. The van der Waals surface area contributed by atoms with Crippen LogP contribution in [0, 0.1) is 11.3 Å². The van der Waals surface area contributed by atoms with Gasteiger partial charge in [-0.05, 0) is 29.4 Å². The highest BCUT2D eigenvalue weighted by Gasteiger charge is 2.17. The summed E-state index contributed by atoms with van der Waals surface area (Å²) in [5, 5.41) is 0. The van der Waals surface area contributed by atoms with Crippen LogP contribution in [0.4, 0.5) is 0 Å². The van der Waals surface area contributed by atoms with Gasteiger partial charge in [-0.2, -0.15) is 0 Å². The Bertz CT molecular complexity index is 287. The Kier molecular flexibility index (Phi) is 3.45. The van der Waals surface area contributed by atoms with Gasteiger partial charge in [0.2, 0.25) is 0 Å². The highest BCUT2D eigenvalue weighted by Crippen LogP contribution is 2.30. The maximum Gasteiger partial charge on any atom is 0.142 e. The molecule has 76 valence electrons. The van der Waals surface area contributed by atoms with Gasteiger partial charge in [-0.25, -0.2) is 0 Å². The molecule has 1 unspecified atom stereocenters. The van der Waals surface area contributed by atoms with Gasteiger partial charge in [0.25, 0.3) is 0 Å². The number of allylic oxidation sites excluding steroid dienone is 6. The van der Waals surface area contributed by atoms with Gasteiger partial charge in [0.05, 0.1) is 0 Å². The summed E-state index contributed by atoms with van der Waals surface area (Å²) in [4.78, 5) is 10.1. The van der Waals surface area contributed by atoms with Crippen LogP contribution < -0.4 is 0 Å². The van der Waals surface area contributed by atoms with Gasteiger partial charge < -0.3 is 0 Å². The summed E-state index contributed by atoms with van der Waals surface area (Å²) in [6.45, 7) is 6.64. The minimum atomic E-state index is 0.232. The van der Waals surface area contributed by atoms with Crippen LogP contribution in [-0.2, 0) is 4.79 Å². The topological polar surface area (TPSA) is 17.1 Å². The molecule has 0 saturated carbocycles. The molecule has 1 atom stereocenters. The molecule has 0 aromatic heterocycles. The van der Waals surface area contributed by atoms with Crippen molar-refractivity contribution in [2.75, 3.05) is 0 Å². The zero-order valence-electron chi connectivity index (χ0n) is 9.16. The number of hydrogen-bond acceptors (Lipinski definition) is 1. The first-order valence-corrected chi connectivity index (χ1v) is 5.05. The molecule has 0 saturated heterocycles. The van der Waals surface area contributed by atoms with Crippen LogP contribution in [0.1, 0.15) is 27.2 Å². The molecular weight excluding hydrogens is 172 g/mol. The number of aldehydes is 1. The molecule has 0 N–H and O–H groups in total. The van der Waals surface area contributed by atoms with Crippen LogP contribution in [0.15, 0.2) is 36.0 Å². The molecule has 0 heterocycles. The molecular formula is C13H18O. The van der Waals surface area contributed by atoms with Crippen LogP contribution in [0.3, 0.4) is 0 Å². The summed E-state index contributed by atoms with van der Waals surface area (Å²) < 4.78 is 0. The molecule has 0 aromatic carbocycles. The van der Waals surface area contributed by atoms with Gasteiger partial charge in [0, 0.05) is 0 Å². The maximum atomic E-state index is 10.1. The first-order valence-electron chi connectivity index (χ1n) is 5.05. The van der Waals surface area contributed by atoms with E-state index in [1.165, 1.54) is 5.57 Å². The molecule has 0 radical (unpaired) electrons. The van der Waals surface area contributed by atoms with E-state index in [-0.39, 0.29) is 5.41 Å². The van der Waals surface area contributed by atoms with Crippen molar-refractivity contribution in [1.29, 1.82) is 0 Å². The van der Waals surface area contributed by atoms with Crippen molar-refractivity contribution >= 4 is 6.29 Å². The normalized spacial score (nSPS) is 22.5. The Hall–Kier alpha value is -1.11. The molecule has 0 bridgehead atoms. The first-order chi connectivity index (χ1) is 6.54. The van der Waals surface area contributed by atoms with E-state index in [1.54, 1.807) is 6.08 Å². The Morgan fingerprint density at radius 1 is 1.43 bits per heavy atom. The van der Waals surface area contributed by atoms with Crippen molar-refractivity contribution in [3.63, 3.8) is 0 Å². The van der Waals surface area contributed by atoms with Crippen molar-refractivity contribution in [3.8, 4) is 0 Å². The van der Waals surface area contributed by atoms with E-state index in [2.05, 4.69) is 39.0 Å². The minimum absolute atomic E-state index is 0.232. The second-order valence-corrected chi connectivity index (χ2v) is 4.69. The predicted molar refractivity (Wildman–Crippen MR) is 60.0 cm³/mol. The molecule has 1 aliphatic rings. The molecule has 0 spiro atoms. The van der Waals surface area contributed by atoms with Crippen molar-refractivity contribution in [3.05, 3.63) is 36.0 Å². The number of hydrogen-bond donors (Lipinski definition) is 0. The van der Waals surface area contributed by atoms with Crippen molar-refractivity contribution in [1.82, 2.24) is 0 Å². The van der Waals surface area contributed by atoms with Crippen LogP contribution >= 0.6 is 0 Å². The molecule has 0 fully saturated rings. The Morgan fingerprint density at radius 3 is 2.57 bits per heavy atom. The van der Waals surface area contributed by atoms with E-state index in [9.17, 15) is 4.79 Å². The third-order valence-corrected chi connectivity index (χ3v) is 2.44. The summed E-state index contributed by atoms with van der Waals surface area (Å²) in [5.74, 6) is 0.395. The Balaban J connectivity index is 2.62. The van der Waals surface area contributed by atoms with Gasteiger partial charge in [-0.3, -0.25) is 4.79 Å². The van der Waals surface area contributed by atoms with Crippen LogP contribution in [0.25, 0.3) is 0 Å². The SMILES string of the molecule is CC(C)(C)C1=CCC(/C=C/C=O)C=C1. The number of carbonyl (C=O) groups is 1. The number of rotatable bonds is 2. The second kappa shape index (κ2) is 4.41. The summed E-state index contributed by atoms with van der Waals surface area (Å²) in [6.07, 6.45) is 12.0. The molecule has 1 aliphatic carbocycles. The lowest BCUT2D eigenvalue weighted by molar-refractivity contribution is -0.104. The maximum absolute atomic E-state index is 10.1. The largest absolute Gasteiger partial charge is 0.299 e. The van der Waals surface area contributed by atoms with Gasteiger partial charge in [0.1, 0.15) is 6.29 Å². The number of carbonyl (C=O) groups excluding carboxylic acids is 1. The summed E-state index contributed by atoms with van der Waals surface area (Å²) in [7, 11) is 0. The lowest BCUT2D eigenvalue weighted by Gasteiger charge is -2.24. The molecule has 0 aromatic rings. The van der Waals surface area contributed by atoms with E-state index in [4.69, 9.17) is 0 Å². The van der Waals surface area contributed by atoms with Crippen LogP contribution in [-0.4, -0.2) is 6.29 Å². The van der Waals surface area contributed by atoms with Gasteiger partial charge in [-0.1, -0.05) is 45.1 Å². The van der Waals surface area contributed by atoms with Gasteiger partial charge >= 0.3 is 0 Å². The fraction of sp³-hybridized carbons (Fsp3) is 0.462. The van der Waals surface area contributed by atoms with E-state index in [0.717, 1.165) is 12.7 Å². The van der Waals surface area contributed by atoms with Gasteiger partial charge in [-0.15, -0.1) is 0 Å². The van der Waals surface area contributed by atoms with Crippen LogP contribution in [0.5, 0.6) is 0 Å². The zero-order chi connectivity index (χ0) is 10.6. The average molecular weight is 190 g/mol. The molecule has 0 amide bonds. The van der Waals surface area contributed by atoms with E-state index in [1.807, 2.05) is 6.08 Å². The van der Waals surface area contributed by atoms with Crippen molar-refractivity contribution in [2.45, 2.75) is 27.2 Å². The molecule has 0 aliphatic heterocycles. The molecule has 14 heavy (non-hydrogen) atoms. The fourth-order valence-electron chi connectivity index (χ4n) is 1.52. The highest BCUT2D eigenvalue weighted by atomic mass is 16.1. The quantitative estimate of drug-likeness (QED) is 0.482. The summed E-state index contributed by atoms with van der Waals surface area (Å²) in [5.41, 5.74) is 1.61. The lowest BCUT2D eigenvalue weighted by atomic mass is 9.81. The van der Waals surface area contributed by atoms with E-state index < -0.39 is 0 Å². The third kappa shape index (κ3) is 2.99. The van der Waals surface area contributed by atoms with E-state index in [0.29, 0.717) is 5.92 Å². The van der Waals surface area contributed by atoms with Crippen LogP contribution in [0.2, 0.25) is 0 Å². The Morgan fingerprint density at radius 2 is 2.14 bits per heavy atom. The summed E-state index contributed by atoms with van der Waals surface area (Å²) in [6, 6.07) is 0. The standard InChI is InChI=1S/C13H18O/c1-13(2,3)12-8-6-11(7-9-12)5-4-10-14/h4-6,8-11H,7H2,1-3H3/b5-4+. The van der Waals surface area contributed by atoms with E-state index >= 15 is 0 Å². The second-order valence-electron chi connectivity index (χ2n) is 4.69. The van der Waals surface area contributed by atoms with Crippen molar-refractivity contribution < 1.29 is 4.79 Å². The highest BCUT2D eigenvalue weighted by molar-refractivity contribution is 5.64. The first kappa shape index (κ1) is 11.0. The van der Waals surface area contributed by atoms with Gasteiger partial charge in [0.15, 0.2) is 0 Å². The molecule has 1 nitrogen and oxygen atoms in total. The average Bonchev–Trinajstić information content (AvgIpc) is 2.14.